The number of esters is 1. The molecule has 0 N–H and O–H groups in total. The second kappa shape index (κ2) is 5.14. The summed E-state index contributed by atoms with van der Waals surface area (Å²) in [5, 5.41) is 0. The highest BCUT2D eigenvalue weighted by molar-refractivity contribution is 6.00. The highest BCUT2D eigenvalue weighted by Gasteiger charge is 2.57. The van der Waals surface area contributed by atoms with Crippen molar-refractivity contribution in [3.8, 4) is 0 Å². The molecule has 4 nitrogen and oxygen atoms in total. The lowest BCUT2D eigenvalue weighted by Crippen LogP contribution is -2.48. The van der Waals surface area contributed by atoms with Crippen molar-refractivity contribution >= 4 is 11.8 Å². The molecule has 0 aromatic rings. The van der Waals surface area contributed by atoms with Gasteiger partial charge in [-0.3, -0.25) is 9.59 Å². The van der Waals surface area contributed by atoms with Crippen molar-refractivity contribution in [3.63, 3.8) is 0 Å². The molecule has 2 fully saturated rings. The van der Waals surface area contributed by atoms with Gasteiger partial charge in [0, 0.05) is 6.42 Å². The monoisotopic (exact) mass is 282 g/mol. The van der Waals surface area contributed by atoms with Gasteiger partial charge >= 0.3 is 5.97 Å². The molecule has 0 heterocycles. The molecule has 0 bridgehead atoms. The van der Waals surface area contributed by atoms with Crippen LogP contribution in [0.15, 0.2) is 0 Å². The minimum atomic E-state index is -0.590. The predicted octanol–water partition coefficient (Wildman–Crippen LogP) is 2.74. The number of carbonyl (C=O) groups is 2. The van der Waals surface area contributed by atoms with Gasteiger partial charge in [-0.25, -0.2) is 0 Å². The summed E-state index contributed by atoms with van der Waals surface area (Å²) in [6, 6.07) is 0. The second-order valence-corrected chi connectivity index (χ2v) is 7.38. The topological polar surface area (TPSA) is 52.6 Å². The van der Waals surface area contributed by atoms with Gasteiger partial charge in [-0.1, -0.05) is 6.92 Å². The largest absolute Gasteiger partial charge is 0.468 e. The molecular formula is C16H26O4. The molecule has 2 saturated carbocycles. The molecule has 20 heavy (non-hydrogen) atoms. The summed E-state index contributed by atoms with van der Waals surface area (Å²) in [7, 11) is 1.36. The van der Waals surface area contributed by atoms with E-state index in [2.05, 4.69) is 27.7 Å². The van der Waals surface area contributed by atoms with E-state index in [4.69, 9.17) is 9.47 Å². The summed E-state index contributed by atoms with van der Waals surface area (Å²) in [6.07, 6.45) is 3.16. The van der Waals surface area contributed by atoms with Gasteiger partial charge in [0.25, 0.3) is 0 Å². The Morgan fingerprint density at radius 2 is 1.95 bits per heavy atom. The van der Waals surface area contributed by atoms with Gasteiger partial charge in [0.05, 0.1) is 18.8 Å². The Morgan fingerprint density at radius 3 is 2.50 bits per heavy atom. The van der Waals surface area contributed by atoms with Crippen LogP contribution in [0.25, 0.3) is 0 Å². The quantitative estimate of drug-likeness (QED) is 0.577. The smallest absolute Gasteiger partial charge is 0.316 e. The summed E-state index contributed by atoms with van der Waals surface area (Å²) in [6.45, 7) is 8.32. The van der Waals surface area contributed by atoms with Gasteiger partial charge in [0.1, 0.15) is 11.7 Å². The number of hydrogen-bond donors (Lipinski definition) is 0. The maximum Gasteiger partial charge on any atom is 0.316 e. The molecule has 4 heteroatoms. The van der Waals surface area contributed by atoms with Crippen molar-refractivity contribution < 1.29 is 19.1 Å². The van der Waals surface area contributed by atoms with E-state index in [0.29, 0.717) is 6.42 Å². The highest BCUT2D eigenvalue weighted by atomic mass is 16.5. The fraction of sp³-hybridized carbons (Fsp3) is 0.875. The highest BCUT2D eigenvalue weighted by Crippen LogP contribution is 2.55. The van der Waals surface area contributed by atoms with Gasteiger partial charge in [-0.2, -0.15) is 0 Å². The summed E-state index contributed by atoms with van der Waals surface area (Å²) < 4.78 is 11.1. The first kappa shape index (κ1) is 15.5. The van der Waals surface area contributed by atoms with Crippen LogP contribution >= 0.6 is 0 Å². The van der Waals surface area contributed by atoms with Crippen molar-refractivity contribution in [1.29, 1.82) is 0 Å². The van der Waals surface area contributed by atoms with Gasteiger partial charge < -0.3 is 9.47 Å². The molecule has 0 aliphatic heterocycles. The van der Waals surface area contributed by atoms with Gasteiger partial charge in [-0.15, -0.1) is 0 Å². The molecule has 2 aliphatic carbocycles. The normalized spacial score (nSPS) is 37.6. The minimum absolute atomic E-state index is 0.0377. The summed E-state index contributed by atoms with van der Waals surface area (Å²) >= 11 is 0. The van der Waals surface area contributed by atoms with Crippen LogP contribution in [0.2, 0.25) is 0 Å². The fourth-order valence-corrected chi connectivity index (χ4v) is 3.94. The number of ether oxygens (including phenoxy) is 2. The molecule has 0 spiro atoms. The van der Waals surface area contributed by atoms with Crippen LogP contribution in [0.4, 0.5) is 0 Å². The third kappa shape index (κ3) is 2.62. The maximum atomic E-state index is 12.1. The van der Waals surface area contributed by atoms with Crippen LogP contribution in [0, 0.1) is 17.3 Å². The third-order valence-electron chi connectivity index (χ3n) is 4.93. The number of fused-ring (bicyclic) bond motifs is 1. The fourth-order valence-electron chi connectivity index (χ4n) is 3.94. The number of methoxy groups -OCH3 is 1. The molecule has 114 valence electrons. The van der Waals surface area contributed by atoms with Crippen LogP contribution in [0.5, 0.6) is 0 Å². The average molecular weight is 282 g/mol. The zero-order chi connectivity index (χ0) is 15.1. The average Bonchev–Trinajstić information content (AvgIpc) is 2.65. The van der Waals surface area contributed by atoms with E-state index in [-0.39, 0.29) is 34.8 Å². The van der Waals surface area contributed by atoms with Crippen LogP contribution < -0.4 is 0 Å². The lowest BCUT2D eigenvalue weighted by Gasteiger charge is -2.44. The Labute approximate surface area is 121 Å². The lowest BCUT2D eigenvalue weighted by molar-refractivity contribution is -0.162. The van der Waals surface area contributed by atoms with Crippen LogP contribution in [-0.4, -0.2) is 30.6 Å². The van der Waals surface area contributed by atoms with Crippen molar-refractivity contribution in [2.24, 2.45) is 17.3 Å². The summed E-state index contributed by atoms with van der Waals surface area (Å²) in [5.41, 5.74) is -0.301. The van der Waals surface area contributed by atoms with E-state index < -0.39 is 5.92 Å². The minimum Gasteiger partial charge on any atom is -0.468 e. The van der Waals surface area contributed by atoms with E-state index in [1.54, 1.807) is 0 Å². The Kier molecular flexibility index (Phi) is 3.98. The molecule has 0 amide bonds. The molecule has 2 rings (SSSR count). The second-order valence-electron chi connectivity index (χ2n) is 7.38. The number of hydrogen-bond acceptors (Lipinski definition) is 4. The van der Waals surface area contributed by atoms with E-state index in [1.807, 2.05) is 0 Å². The van der Waals surface area contributed by atoms with Crippen LogP contribution in [0.3, 0.4) is 0 Å². The first-order valence-corrected chi connectivity index (χ1v) is 7.47. The molecule has 0 aromatic carbocycles. The van der Waals surface area contributed by atoms with E-state index in [0.717, 1.165) is 19.3 Å². The predicted molar refractivity (Wildman–Crippen MR) is 75.2 cm³/mol. The van der Waals surface area contributed by atoms with Crippen LogP contribution in [0.1, 0.15) is 53.4 Å². The number of carbonyl (C=O) groups excluding carboxylic acids is 2. The Morgan fingerprint density at radius 1 is 1.30 bits per heavy atom. The molecule has 2 aliphatic rings. The van der Waals surface area contributed by atoms with E-state index in [9.17, 15) is 9.59 Å². The maximum absolute atomic E-state index is 12.1. The van der Waals surface area contributed by atoms with Gasteiger partial charge in [0.2, 0.25) is 0 Å². The number of ketones is 1. The standard InChI is InChI=1S/C16H26O4/c1-15(2,3)20-12-7-6-10-13(14(18)19-5)11(17)8-9-16(10,12)4/h10,12-13H,6-9H2,1-5H3/t10-,12-,13-,16-/m0/s1. The first-order valence-electron chi connectivity index (χ1n) is 7.47. The van der Waals surface area contributed by atoms with Crippen molar-refractivity contribution in [1.82, 2.24) is 0 Å². The van der Waals surface area contributed by atoms with E-state index in [1.165, 1.54) is 7.11 Å². The number of Topliss-reactive ketones (excluding diaryl/α,β-unsaturated/α-hetero) is 1. The molecule has 0 unspecified atom stereocenters. The Hall–Kier alpha value is -0.900. The number of rotatable bonds is 2. The SMILES string of the molecule is COC(=O)[C@@H]1C(=O)CC[C@]2(C)[C@@H](OC(C)(C)C)CC[C@@H]12. The first-order chi connectivity index (χ1) is 9.19. The van der Waals surface area contributed by atoms with Crippen LogP contribution in [-0.2, 0) is 19.1 Å². The van der Waals surface area contributed by atoms with Crippen molar-refractivity contribution in [2.45, 2.75) is 65.1 Å². The van der Waals surface area contributed by atoms with Crippen molar-refractivity contribution in [2.75, 3.05) is 7.11 Å². The molecule has 4 atom stereocenters. The zero-order valence-corrected chi connectivity index (χ0v) is 13.2. The van der Waals surface area contributed by atoms with Crippen molar-refractivity contribution in [3.05, 3.63) is 0 Å². The molecule has 0 saturated heterocycles. The zero-order valence-electron chi connectivity index (χ0n) is 13.2. The lowest BCUT2D eigenvalue weighted by atomic mass is 9.63. The molecule has 0 aromatic heterocycles. The summed E-state index contributed by atoms with van der Waals surface area (Å²) in [4.78, 5) is 24.1. The van der Waals surface area contributed by atoms with Gasteiger partial charge in [-0.05, 0) is 51.4 Å². The molecule has 0 radical (unpaired) electrons. The van der Waals surface area contributed by atoms with E-state index >= 15 is 0 Å². The summed E-state index contributed by atoms with van der Waals surface area (Å²) in [5.74, 6) is -0.867. The van der Waals surface area contributed by atoms with Gasteiger partial charge in [0.15, 0.2) is 0 Å². The Balaban J connectivity index is 2.24. The Bertz CT molecular complexity index is 401. The third-order valence-corrected chi connectivity index (χ3v) is 4.93. The molecular weight excluding hydrogens is 256 g/mol.